The van der Waals surface area contributed by atoms with E-state index < -0.39 is 0 Å². The summed E-state index contributed by atoms with van der Waals surface area (Å²) in [6, 6.07) is 14.8. The molecule has 3 rings (SSSR count). The van der Waals surface area contributed by atoms with Gasteiger partial charge in [-0.1, -0.05) is 41.9 Å². The summed E-state index contributed by atoms with van der Waals surface area (Å²) in [6.45, 7) is 1.23. The Kier molecular flexibility index (Phi) is 5.36. The van der Waals surface area contributed by atoms with Gasteiger partial charge in [0.15, 0.2) is 0 Å². The molecule has 0 spiro atoms. The number of nitrogens with zero attached hydrogens (tertiary/aromatic N) is 1. The summed E-state index contributed by atoms with van der Waals surface area (Å²) in [5.41, 5.74) is 8.15. The van der Waals surface area contributed by atoms with Crippen molar-refractivity contribution in [2.75, 3.05) is 11.9 Å². The Morgan fingerprint density at radius 2 is 2.04 bits per heavy atom. The SMILES string of the molecule is NCc1cccc(NC(=O)C2CC(=O)N(Cc3ccccc3Cl)C2)c1. The number of nitrogens with two attached hydrogens (primary N) is 1. The fourth-order valence-electron chi connectivity index (χ4n) is 2.95. The monoisotopic (exact) mass is 357 g/mol. The molecule has 5 nitrogen and oxygen atoms in total. The Morgan fingerprint density at radius 3 is 2.80 bits per heavy atom. The van der Waals surface area contributed by atoms with Crippen molar-refractivity contribution in [2.45, 2.75) is 19.5 Å². The molecule has 2 amide bonds. The molecule has 2 aromatic rings. The van der Waals surface area contributed by atoms with Crippen LogP contribution >= 0.6 is 11.6 Å². The molecule has 1 aliphatic rings. The molecule has 3 N–H and O–H groups in total. The number of likely N-dealkylation sites (tertiary alicyclic amines) is 1. The van der Waals surface area contributed by atoms with E-state index in [4.69, 9.17) is 17.3 Å². The summed E-state index contributed by atoms with van der Waals surface area (Å²) in [7, 11) is 0. The van der Waals surface area contributed by atoms with Crippen LogP contribution in [-0.2, 0) is 22.7 Å². The molecule has 1 fully saturated rings. The average Bonchev–Trinajstić information content (AvgIpc) is 2.98. The van der Waals surface area contributed by atoms with Crippen molar-refractivity contribution in [2.24, 2.45) is 11.7 Å². The molecule has 130 valence electrons. The Balaban J connectivity index is 1.63. The molecule has 2 aromatic carbocycles. The summed E-state index contributed by atoms with van der Waals surface area (Å²) in [5, 5.41) is 3.50. The van der Waals surface area contributed by atoms with Gasteiger partial charge in [-0.3, -0.25) is 9.59 Å². The summed E-state index contributed by atoms with van der Waals surface area (Å²) in [4.78, 5) is 26.4. The first-order valence-corrected chi connectivity index (χ1v) is 8.55. The maximum absolute atomic E-state index is 12.5. The summed E-state index contributed by atoms with van der Waals surface area (Å²) < 4.78 is 0. The second-order valence-electron chi connectivity index (χ2n) is 6.16. The van der Waals surface area contributed by atoms with E-state index >= 15 is 0 Å². The number of hydrogen-bond acceptors (Lipinski definition) is 3. The van der Waals surface area contributed by atoms with Crippen LogP contribution in [-0.4, -0.2) is 23.3 Å². The molecule has 6 heteroatoms. The zero-order valence-corrected chi connectivity index (χ0v) is 14.5. The van der Waals surface area contributed by atoms with Crippen LogP contribution in [0.2, 0.25) is 5.02 Å². The van der Waals surface area contributed by atoms with Crippen molar-refractivity contribution < 1.29 is 9.59 Å². The Bertz CT molecular complexity index is 794. The lowest BCUT2D eigenvalue weighted by Gasteiger charge is -2.17. The molecule has 25 heavy (non-hydrogen) atoms. The minimum absolute atomic E-state index is 0.0317. The Hall–Kier alpha value is -2.37. The molecular formula is C19H20ClN3O2. The Morgan fingerprint density at radius 1 is 1.24 bits per heavy atom. The van der Waals surface area contributed by atoms with Crippen LogP contribution in [0.5, 0.6) is 0 Å². The van der Waals surface area contributed by atoms with Gasteiger partial charge in [0.2, 0.25) is 11.8 Å². The molecule has 0 radical (unpaired) electrons. The molecule has 1 unspecified atom stereocenters. The zero-order chi connectivity index (χ0) is 17.8. The van der Waals surface area contributed by atoms with Crippen LogP contribution < -0.4 is 11.1 Å². The van der Waals surface area contributed by atoms with E-state index in [2.05, 4.69) is 5.32 Å². The Labute approximate surface area is 151 Å². The molecule has 0 saturated carbocycles. The van der Waals surface area contributed by atoms with Gasteiger partial charge in [0.1, 0.15) is 0 Å². The third kappa shape index (κ3) is 4.18. The predicted molar refractivity (Wildman–Crippen MR) is 97.9 cm³/mol. The normalized spacial score (nSPS) is 17.0. The maximum Gasteiger partial charge on any atom is 0.229 e. The second-order valence-corrected chi connectivity index (χ2v) is 6.57. The number of anilines is 1. The fourth-order valence-corrected chi connectivity index (χ4v) is 3.15. The molecule has 1 saturated heterocycles. The number of hydrogen-bond donors (Lipinski definition) is 2. The van der Waals surface area contributed by atoms with Crippen LogP contribution in [0.15, 0.2) is 48.5 Å². The summed E-state index contributed by atoms with van der Waals surface area (Å²) in [6.07, 6.45) is 0.215. The van der Waals surface area contributed by atoms with Gasteiger partial charge in [-0.05, 0) is 29.3 Å². The van der Waals surface area contributed by atoms with Crippen molar-refractivity contribution in [1.82, 2.24) is 4.90 Å². The van der Waals surface area contributed by atoms with E-state index in [1.165, 1.54) is 0 Å². The van der Waals surface area contributed by atoms with Gasteiger partial charge in [-0.2, -0.15) is 0 Å². The average molecular weight is 358 g/mol. The first kappa shape index (κ1) is 17.5. The molecule has 0 aromatic heterocycles. The number of halogens is 1. The van der Waals surface area contributed by atoms with Gasteiger partial charge in [0.25, 0.3) is 0 Å². The van der Waals surface area contributed by atoms with Gasteiger partial charge in [-0.15, -0.1) is 0 Å². The number of rotatable bonds is 5. The summed E-state index contributed by atoms with van der Waals surface area (Å²) in [5.74, 6) is -0.545. The standard InChI is InChI=1S/C19H20ClN3O2/c20-17-7-2-1-5-14(17)11-23-12-15(9-18(23)24)19(25)22-16-6-3-4-13(8-16)10-21/h1-8,15H,9-12,21H2,(H,22,25). The number of nitrogens with one attached hydrogen (secondary N) is 1. The van der Waals surface area contributed by atoms with Crippen LogP contribution in [0.25, 0.3) is 0 Å². The van der Waals surface area contributed by atoms with E-state index in [-0.39, 0.29) is 24.2 Å². The van der Waals surface area contributed by atoms with Crippen molar-refractivity contribution in [3.8, 4) is 0 Å². The highest BCUT2D eigenvalue weighted by molar-refractivity contribution is 6.31. The van der Waals surface area contributed by atoms with Crippen LogP contribution in [0.3, 0.4) is 0 Å². The van der Waals surface area contributed by atoms with Gasteiger partial charge in [0, 0.05) is 36.8 Å². The highest BCUT2D eigenvalue weighted by atomic mass is 35.5. The fraction of sp³-hybridized carbons (Fsp3) is 0.263. The lowest BCUT2D eigenvalue weighted by Crippen LogP contribution is -2.28. The zero-order valence-electron chi connectivity index (χ0n) is 13.7. The lowest BCUT2D eigenvalue weighted by atomic mass is 10.1. The van der Waals surface area contributed by atoms with Crippen molar-refractivity contribution in [3.05, 3.63) is 64.7 Å². The minimum atomic E-state index is -0.364. The highest BCUT2D eigenvalue weighted by Crippen LogP contribution is 2.24. The molecule has 0 aliphatic carbocycles. The molecule has 1 atom stereocenters. The predicted octanol–water partition coefficient (Wildman–Crippen LogP) is 2.79. The van der Waals surface area contributed by atoms with Gasteiger partial charge in [-0.25, -0.2) is 0 Å². The molecule has 1 aliphatic heterocycles. The molecule has 0 bridgehead atoms. The van der Waals surface area contributed by atoms with Crippen LogP contribution in [0.4, 0.5) is 5.69 Å². The quantitative estimate of drug-likeness (QED) is 0.864. The summed E-state index contributed by atoms with van der Waals surface area (Å²) >= 11 is 6.16. The first-order chi connectivity index (χ1) is 12.1. The topological polar surface area (TPSA) is 75.4 Å². The van der Waals surface area contributed by atoms with E-state index in [9.17, 15) is 9.59 Å². The second kappa shape index (κ2) is 7.68. The van der Waals surface area contributed by atoms with Crippen LogP contribution in [0.1, 0.15) is 17.5 Å². The van der Waals surface area contributed by atoms with Crippen molar-refractivity contribution in [3.63, 3.8) is 0 Å². The third-order valence-corrected chi connectivity index (χ3v) is 4.70. The third-order valence-electron chi connectivity index (χ3n) is 4.33. The first-order valence-electron chi connectivity index (χ1n) is 8.18. The lowest BCUT2D eigenvalue weighted by molar-refractivity contribution is -0.128. The number of carbonyl (C=O) groups is 2. The van der Waals surface area contributed by atoms with Crippen molar-refractivity contribution in [1.29, 1.82) is 0 Å². The number of carbonyl (C=O) groups excluding carboxylic acids is 2. The van der Waals surface area contributed by atoms with Crippen LogP contribution in [0, 0.1) is 5.92 Å². The molecule has 1 heterocycles. The highest BCUT2D eigenvalue weighted by Gasteiger charge is 2.34. The number of benzene rings is 2. The minimum Gasteiger partial charge on any atom is -0.337 e. The largest absolute Gasteiger partial charge is 0.337 e. The maximum atomic E-state index is 12.5. The smallest absolute Gasteiger partial charge is 0.229 e. The van der Waals surface area contributed by atoms with Crippen molar-refractivity contribution >= 4 is 29.1 Å². The number of amides is 2. The van der Waals surface area contributed by atoms with Gasteiger partial charge in [0.05, 0.1) is 5.92 Å². The van der Waals surface area contributed by atoms with E-state index in [1.54, 1.807) is 11.0 Å². The van der Waals surface area contributed by atoms with E-state index in [0.717, 1.165) is 11.1 Å². The van der Waals surface area contributed by atoms with Gasteiger partial charge < -0.3 is 16.0 Å². The van der Waals surface area contributed by atoms with E-state index in [1.807, 2.05) is 42.5 Å². The van der Waals surface area contributed by atoms with E-state index in [0.29, 0.717) is 30.3 Å². The molecular weight excluding hydrogens is 338 g/mol. The van der Waals surface area contributed by atoms with Gasteiger partial charge >= 0.3 is 0 Å².